The standard InChI is InChI=1S/C12H12FN5S/c1-6(2)10-15-16-12-18(10)17-11(19-12)9-7(13)4-3-5-8(9)14/h3-6H,14H2,1-2H3. The van der Waals surface area contributed by atoms with E-state index in [9.17, 15) is 4.39 Å². The summed E-state index contributed by atoms with van der Waals surface area (Å²) in [4.78, 5) is 0.640. The highest BCUT2D eigenvalue weighted by atomic mass is 32.1. The third kappa shape index (κ3) is 1.86. The van der Waals surface area contributed by atoms with Crippen LogP contribution >= 0.6 is 11.3 Å². The minimum Gasteiger partial charge on any atom is -0.398 e. The van der Waals surface area contributed by atoms with E-state index in [1.807, 2.05) is 13.8 Å². The van der Waals surface area contributed by atoms with Gasteiger partial charge in [-0.1, -0.05) is 31.3 Å². The molecule has 2 aromatic heterocycles. The molecule has 0 aliphatic carbocycles. The molecule has 0 fully saturated rings. The fourth-order valence-corrected chi connectivity index (χ4v) is 2.77. The zero-order valence-corrected chi connectivity index (χ0v) is 11.3. The van der Waals surface area contributed by atoms with Gasteiger partial charge in [0.2, 0.25) is 4.96 Å². The molecule has 7 heteroatoms. The number of anilines is 1. The predicted octanol–water partition coefficient (Wildman–Crippen LogP) is 2.70. The summed E-state index contributed by atoms with van der Waals surface area (Å²) < 4.78 is 15.5. The van der Waals surface area contributed by atoms with Crippen LogP contribution in [0, 0.1) is 5.82 Å². The van der Waals surface area contributed by atoms with Crippen molar-refractivity contribution in [3.05, 3.63) is 29.8 Å². The maximum atomic E-state index is 13.9. The minimum absolute atomic E-state index is 0.197. The molecule has 0 unspecified atom stereocenters. The molecule has 5 nitrogen and oxygen atoms in total. The van der Waals surface area contributed by atoms with Crippen LogP contribution in [0.2, 0.25) is 0 Å². The molecule has 98 valence electrons. The number of hydrogen-bond donors (Lipinski definition) is 1. The molecule has 0 amide bonds. The highest BCUT2D eigenvalue weighted by Crippen LogP contribution is 2.32. The number of hydrogen-bond acceptors (Lipinski definition) is 5. The number of nitrogens with zero attached hydrogens (tertiary/aromatic N) is 4. The van der Waals surface area contributed by atoms with Crippen molar-refractivity contribution in [2.24, 2.45) is 0 Å². The molecule has 2 heterocycles. The number of halogens is 1. The normalized spacial score (nSPS) is 11.6. The van der Waals surface area contributed by atoms with Crippen LogP contribution in [0.25, 0.3) is 15.5 Å². The third-order valence-corrected chi connectivity index (χ3v) is 3.71. The van der Waals surface area contributed by atoms with Gasteiger partial charge < -0.3 is 5.73 Å². The molecule has 0 aliphatic heterocycles. The molecule has 3 aromatic rings. The molecule has 0 saturated carbocycles. The first-order chi connectivity index (χ1) is 9.08. The van der Waals surface area contributed by atoms with Crippen LogP contribution in [0.3, 0.4) is 0 Å². The topological polar surface area (TPSA) is 69.1 Å². The number of benzene rings is 1. The Kier molecular flexibility index (Phi) is 2.70. The summed E-state index contributed by atoms with van der Waals surface area (Å²) in [6.07, 6.45) is 0. The van der Waals surface area contributed by atoms with Crippen LogP contribution < -0.4 is 5.73 Å². The zero-order chi connectivity index (χ0) is 13.6. The van der Waals surface area contributed by atoms with Gasteiger partial charge in [0.25, 0.3) is 0 Å². The van der Waals surface area contributed by atoms with Gasteiger partial charge in [-0.25, -0.2) is 4.39 Å². The van der Waals surface area contributed by atoms with Gasteiger partial charge in [0.1, 0.15) is 5.82 Å². The van der Waals surface area contributed by atoms with Crippen LogP contribution in [0.5, 0.6) is 0 Å². The summed E-state index contributed by atoms with van der Waals surface area (Å²) in [5.74, 6) is 0.575. The summed E-state index contributed by atoms with van der Waals surface area (Å²) in [6, 6.07) is 4.61. The predicted molar refractivity (Wildman–Crippen MR) is 72.6 cm³/mol. The maximum absolute atomic E-state index is 13.9. The van der Waals surface area contributed by atoms with Gasteiger partial charge >= 0.3 is 0 Å². The first kappa shape index (κ1) is 12.0. The van der Waals surface area contributed by atoms with Crippen molar-refractivity contribution in [3.63, 3.8) is 0 Å². The molecule has 0 bridgehead atoms. The molecular weight excluding hydrogens is 265 g/mol. The average Bonchev–Trinajstić information content (AvgIpc) is 2.87. The lowest BCUT2D eigenvalue weighted by Crippen LogP contribution is -1.99. The Morgan fingerprint density at radius 3 is 2.79 bits per heavy atom. The second-order valence-electron chi connectivity index (χ2n) is 4.52. The third-order valence-electron chi connectivity index (χ3n) is 2.79. The van der Waals surface area contributed by atoms with E-state index in [0.717, 1.165) is 5.82 Å². The van der Waals surface area contributed by atoms with Crippen molar-refractivity contribution >= 4 is 22.0 Å². The smallest absolute Gasteiger partial charge is 0.234 e. The number of nitrogens with two attached hydrogens (primary N) is 1. The molecule has 0 atom stereocenters. The summed E-state index contributed by atoms with van der Waals surface area (Å²) in [5, 5.41) is 13.0. The first-order valence-electron chi connectivity index (χ1n) is 5.84. The van der Waals surface area contributed by atoms with Crippen LogP contribution in [-0.2, 0) is 0 Å². The van der Waals surface area contributed by atoms with Gasteiger partial charge in [-0.3, -0.25) is 0 Å². The lowest BCUT2D eigenvalue weighted by atomic mass is 10.2. The van der Waals surface area contributed by atoms with Crippen LogP contribution in [-0.4, -0.2) is 19.8 Å². The molecule has 0 radical (unpaired) electrons. The Morgan fingerprint density at radius 2 is 2.11 bits per heavy atom. The van der Waals surface area contributed by atoms with Crippen molar-refractivity contribution in [3.8, 4) is 10.6 Å². The van der Waals surface area contributed by atoms with Gasteiger partial charge in [-0.15, -0.1) is 10.2 Å². The van der Waals surface area contributed by atoms with Crippen LogP contribution in [0.4, 0.5) is 10.1 Å². The molecule has 0 spiro atoms. The Bertz CT molecular complexity index is 725. The van der Waals surface area contributed by atoms with Crippen molar-refractivity contribution in [1.82, 2.24) is 19.8 Å². The lowest BCUT2D eigenvalue weighted by molar-refractivity contribution is 0.631. The highest BCUT2D eigenvalue weighted by molar-refractivity contribution is 7.19. The summed E-state index contributed by atoms with van der Waals surface area (Å²) in [6.45, 7) is 4.01. The molecule has 19 heavy (non-hydrogen) atoms. The largest absolute Gasteiger partial charge is 0.398 e. The number of rotatable bonds is 2. The lowest BCUT2D eigenvalue weighted by Gasteiger charge is -2.02. The maximum Gasteiger partial charge on any atom is 0.234 e. The Labute approximate surface area is 112 Å². The van der Waals surface area contributed by atoms with Crippen molar-refractivity contribution in [2.45, 2.75) is 19.8 Å². The fourth-order valence-electron chi connectivity index (χ4n) is 1.86. The van der Waals surface area contributed by atoms with Gasteiger partial charge in [-0.2, -0.15) is 9.61 Å². The van der Waals surface area contributed by atoms with E-state index < -0.39 is 0 Å². The Hall–Kier alpha value is -2.02. The Morgan fingerprint density at radius 1 is 1.32 bits per heavy atom. The van der Waals surface area contributed by atoms with Crippen LogP contribution in [0.15, 0.2) is 18.2 Å². The first-order valence-corrected chi connectivity index (χ1v) is 6.66. The fraction of sp³-hybridized carbons (Fsp3) is 0.250. The molecule has 3 rings (SSSR count). The van der Waals surface area contributed by atoms with E-state index >= 15 is 0 Å². The van der Waals surface area contributed by atoms with Gasteiger partial charge in [-0.05, 0) is 12.1 Å². The molecule has 2 N–H and O–H groups in total. The summed E-state index contributed by atoms with van der Waals surface area (Å²) >= 11 is 1.28. The summed E-state index contributed by atoms with van der Waals surface area (Å²) in [5.41, 5.74) is 6.52. The van der Waals surface area contributed by atoms with Gasteiger partial charge in [0.15, 0.2) is 10.8 Å². The van der Waals surface area contributed by atoms with E-state index in [1.54, 1.807) is 16.6 Å². The molecule has 0 aliphatic rings. The zero-order valence-electron chi connectivity index (χ0n) is 10.5. The average molecular weight is 277 g/mol. The quantitative estimate of drug-likeness (QED) is 0.731. The molecule has 0 saturated heterocycles. The van der Waals surface area contributed by atoms with E-state index in [-0.39, 0.29) is 11.7 Å². The van der Waals surface area contributed by atoms with Crippen molar-refractivity contribution < 1.29 is 4.39 Å². The van der Waals surface area contributed by atoms with E-state index in [4.69, 9.17) is 5.73 Å². The van der Waals surface area contributed by atoms with E-state index in [1.165, 1.54) is 17.4 Å². The number of fused-ring (bicyclic) bond motifs is 1. The number of aromatic nitrogens is 4. The van der Waals surface area contributed by atoms with Crippen molar-refractivity contribution in [1.29, 1.82) is 0 Å². The second kappa shape index (κ2) is 4.27. The Balaban J connectivity index is 2.21. The minimum atomic E-state index is -0.379. The number of nitrogen functional groups attached to an aromatic ring is 1. The van der Waals surface area contributed by atoms with Gasteiger partial charge in [0, 0.05) is 11.6 Å². The SMILES string of the molecule is CC(C)c1nnc2sc(-c3c(N)cccc3F)nn12. The highest BCUT2D eigenvalue weighted by Gasteiger charge is 2.18. The molecule has 1 aromatic carbocycles. The van der Waals surface area contributed by atoms with E-state index in [2.05, 4.69) is 15.3 Å². The van der Waals surface area contributed by atoms with Gasteiger partial charge in [0.05, 0.1) is 5.56 Å². The van der Waals surface area contributed by atoms with Crippen LogP contribution in [0.1, 0.15) is 25.6 Å². The van der Waals surface area contributed by atoms with Crippen molar-refractivity contribution in [2.75, 3.05) is 5.73 Å². The summed E-state index contributed by atoms with van der Waals surface area (Å²) in [7, 11) is 0. The second-order valence-corrected chi connectivity index (χ2v) is 5.47. The monoisotopic (exact) mass is 277 g/mol. The van der Waals surface area contributed by atoms with E-state index in [0.29, 0.717) is 21.2 Å². The molecular formula is C12H12FN5S.